The molecule has 2 nitrogen and oxygen atoms in total. The maximum atomic E-state index is 8.72. The fourth-order valence-electron chi connectivity index (χ4n) is 2.00. The third-order valence-electron chi connectivity index (χ3n) is 3.25. The average Bonchev–Trinajstić information content (AvgIpc) is 2.50. The van der Waals surface area contributed by atoms with Gasteiger partial charge >= 0.3 is 0 Å². The summed E-state index contributed by atoms with van der Waals surface area (Å²) in [4.78, 5) is 0. The summed E-state index contributed by atoms with van der Waals surface area (Å²) in [5.41, 5.74) is 2.48. The van der Waals surface area contributed by atoms with Crippen LogP contribution in [0.25, 0.3) is 6.08 Å². The lowest BCUT2D eigenvalue weighted by Gasteiger charge is -2.10. The molecule has 1 aromatic carbocycles. The number of unbranched alkanes of at least 4 members (excludes halogenated alkanes) is 3. The van der Waals surface area contributed by atoms with Crippen molar-refractivity contribution in [3.63, 3.8) is 0 Å². The van der Waals surface area contributed by atoms with Crippen LogP contribution in [-0.4, -0.2) is 18.8 Å². The maximum Gasteiger partial charge on any atom is 0.126 e. The Bertz CT molecular complexity index is 431. The summed E-state index contributed by atoms with van der Waals surface area (Å²) in [6, 6.07) is 6.37. The highest BCUT2D eigenvalue weighted by molar-refractivity contribution is 5.58. The molecule has 0 saturated heterocycles. The fourth-order valence-corrected chi connectivity index (χ4v) is 2.00. The zero-order valence-corrected chi connectivity index (χ0v) is 15.9. The van der Waals surface area contributed by atoms with E-state index >= 15 is 0 Å². The average molecular weight is 321 g/mol. The first-order chi connectivity index (χ1) is 10.9. The van der Waals surface area contributed by atoms with Gasteiger partial charge in [-0.3, -0.25) is 0 Å². The molecule has 0 aliphatic carbocycles. The monoisotopic (exact) mass is 320 g/mol. The molecule has 0 atom stereocenters. The smallest absolute Gasteiger partial charge is 0.126 e. The van der Waals surface area contributed by atoms with Crippen molar-refractivity contribution in [1.29, 1.82) is 0 Å². The molecule has 132 valence electrons. The first kappa shape index (κ1) is 21.7. The van der Waals surface area contributed by atoms with Crippen LogP contribution in [0.5, 0.6) is 5.75 Å². The van der Waals surface area contributed by atoms with E-state index in [0.717, 1.165) is 42.9 Å². The van der Waals surface area contributed by atoms with E-state index in [-0.39, 0.29) is 0 Å². The molecule has 0 heterocycles. The molecule has 0 aromatic heterocycles. The Morgan fingerprint density at radius 1 is 1.04 bits per heavy atom. The lowest BCUT2D eigenvalue weighted by molar-refractivity contribution is 0.283. The first-order valence-electron chi connectivity index (χ1n) is 8.87. The molecule has 0 amide bonds. The standard InChI is InChI=1S/C17H26O2.C4H10/c1-14(2)15-10-11-17(19-3)16(13-15)9-7-5-4-6-8-12-18;1-4(2)3/h7,9-11,13-14,18H,4-6,8,12H2,1-3H3;4H,1-3H3/b9-7+;. The number of aliphatic hydroxyl groups excluding tert-OH is 1. The molecule has 1 rings (SSSR count). The Labute approximate surface area is 143 Å². The molecule has 0 fully saturated rings. The lowest BCUT2D eigenvalue weighted by Crippen LogP contribution is -1.92. The van der Waals surface area contributed by atoms with Crippen LogP contribution in [0.4, 0.5) is 0 Å². The predicted molar refractivity (Wildman–Crippen MR) is 102 cm³/mol. The van der Waals surface area contributed by atoms with Gasteiger partial charge in [0.1, 0.15) is 5.75 Å². The number of ether oxygens (including phenoxy) is 1. The molecule has 1 aromatic rings. The molecule has 0 saturated carbocycles. The van der Waals surface area contributed by atoms with E-state index in [1.54, 1.807) is 7.11 Å². The van der Waals surface area contributed by atoms with Crippen molar-refractivity contribution in [2.24, 2.45) is 5.92 Å². The molecular formula is C21H36O2. The first-order valence-corrected chi connectivity index (χ1v) is 8.87. The second-order valence-electron chi connectivity index (χ2n) is 6.86. The molecule has 2 heteroatoms. The van der Waals surface area contributed by atoms with Gasteiger partial charge in [0.25, 0.3) is 0 Å². The van der Waals surface area contributed by atoms with Crippen LogP contribution >= 0.6 is 0 Å². The quantitative estimate of drug-likeness (QED) is 0.591. The largest absolute Gasteiger partial charge is 0.496 e. The second kappa shape index (κ2) is 13.2. The van der Waals surface area contributed by atoms with Crippen molar-refractivity contribution < 1.29 is 9.84 Å². The van der Waals surface area contributed by atoms with Crippen LogP contribution in [-0.2, 0) is 0 Å². The van der Waals surface area contributed by atoms with Crippen LogP contribution in [0.3, 0.4) is 0 Å². The Balaban J connectivity index is 0.00000108. The number of methoxy groups -OCH3 is 1. The molecule has 0 spiro atoms. The van der Waals surface area contributed by atoms with Crippen molar-refractivity contribution in [2.75, 3.05) is 13.7 Å². The van der Waals surface area contributed by atoms with Gasteiger partial charge in [-0.15, -0.1) is 0 Å². The van der Waals surface area contributed by atoms with E-state index in [1.165, 1.54) is 5.56 Å². The zero-order valence-electron chi connectivity index (χ0n) is 15.9. The SMILES string of the molecule is CC(C)C.COc1ccc(C(C)C)cc1/C=C/CCCCCO. The van der Waals surface area contributed by atoms with E-state index in [4.69, 9.17) is 9.84 Å². The van der Waals surface area contributed by atoms with Gasteiger partial charge in [0.15, 0.2) is 0 Å². The number of allylic oxidation sites excluding steroid dienone is 1. The van der Waals surface area contributed by atoms with Gasteiger partial charge in [0.05, 0.1) is 7.11 Å². The minimum atomic E-state index is 0.300. The van der Waals surface area contributed by atoms with Crippen molar-refractivity contribution in [1.82, 2.24) is 0 Å². The van der Waals surface area contributed by atoms with Crippen LogP contribution < -0.4 is 4.74 Å². The summed E-state index contributed by atoms with van der Waals surface area (Å²) in [6.45, 7) is 11.2. The molecule has 0 unspecified atom stereocenters. The normalized spacial score (nSPS) is 11.0. The van der Waals surface area contributed by atoms with E-state index < -0.39 is 0 Å². The third-order valence-corrected chi connectivity index (χ3v) is 3.25. The van der Waals surface area contributed by atoms with E-state index in [9.17, 15) is 0 Å². The summed E-state index contributed by atoms with van der Waals surface area (Å²) in [5.74, 6) is 2.29. The molecule has 0 bridgehead atoms. The predicted octanol–water partition coefficient (Wildman–Crippen LogP) is 6.05. The minimum absolute atomic E-state index is 0.300. The second-order valence-corrected chi connectivity index (χ2v) is 6.86. The Morgan fingerprint density at radius 2 is 1.70 bits per heavy atom. The van der Waals surface area contributed by atoms with Crippen molar-refractivity contribution in [2.45, 2.75) is 66.2 Å². The maximum absolute atomic E-state index is 8.72. The molecule has 23 heavy (non-hydrogen) atoms. The Kier molecular flexibility index (Phi) is 12.5. The molecule has 0 radical (unpaired) electrons. The van der Waals surface area contributed by atoms with Gasteiger partial charge in [0.2, 0.25) is 0 Å². The topological polar surface area (TPSA) is 29.5 Å². The van der Waals surface area contributed by atoms with Gasteiger partial charge in [-0.2, -0.15) is 0 Å². The number of hydrogen-bond acceptors (Lipinski definition) is 2. The molecule has 0 aliphatic heterocycles. The van der Waals surface area contributed by atoms with E-state index in [1.807, 2.05) is 6.07 Å². The Hall–Kier alpha value is -1.28. The third kappa shape index (κ3) is 11.0. The van der Waals surface area contributed by atoms with E-state index in [0.29, 0.717) is 12.5 Å². The summed E-state index contributed by atoms with van der Waals surface area (Å²) >= 11 is 0. The highest BCUT2D eigenvalue weighted by atomic mass is 16.5. The molecule has 0 aliphatic rings. The van der Waals surface area contributed by atoms with Gasteiger partial charge < -0.3 is 9.84 Å². The Morgan fingerprint density at radius 3 is 2.22 bits per heavy atom. The summed E-state index contributed by atoms with van der Waals surface area (Å²) in [7, 11) is 1.71. The van der Waals surface area contributed by atoms with Crippen molar-refractivity contribution in [3.8, 4) is 5.75 Å². The van der Waals surface area contributed by atoms with Crippen molar-refractivity contribution >= 4 is 6.08 Å². The summed E-state index contributed by atoms with van der Waals surface area (Å²) < 4.78 is 5.39. The van der Waals surface area contributed by atoms with Gasteiger partial charge in [0, 0.05) is 12.2 Å². The van der Waals surface area contributed by atoms with Crippen molar-refractivity contribution in [3.05, 3.63) is 35.4 Å². The van der Waals surface area contributed by atoms with Gasteiger partial charge in [-0.1, -0.05) is 59.3 Å². The van der Waals surface area contributed by atoms with Crippen LogP contribution in [0.15, 0.2) is 24.3 Å². The molecule has 1 N–H and O–H groups in total. The van der Waals surface area contributed by atoms with Gasteiger partial charge in [-0.25, -0.2) is 0 Å². The van der Waals surface area contributed by atoms with Crippen LogP contribution in [0, 0.1) is 5.92 Å². The summed E-state index contributed by atoms with van der Waals surface area (Å²) in [5, 5.41) is 8.72. The van der Waals surface area contributed by atoms with Gasteiger partial charge in [-0.05, 0) is 48.8 Å². The van der Waals surface area contributed by atoms with E-state index in [2.05, 4.69) is 58.9 Å². The molecular weight excluding hydrogens is 284 g/mol. The lowest BCUT2D eigenvalue weighted by atomic mass is 10.00. The highest BCUT2D eigenvalue weighted by Gasteiger charge is 2.04. The highest BCUT2D eigenvalue weighted by Crippen LogP contribution is 2.25. The van der Waals surface area contributed by atoms with Crippen LogP contribution in [0.1, 0.15) is 77.3 Å². The number of aliphatic hydroxyl groups is 1. The number of rotatable bonds is 8. The number of benzene rings is 1. The minimum Gasteiger partial charge on any atom is -0.496 e. The van der Waals surface area contributed by atoms with Crippen LogP contribution in [0.2, 0.25) is 0 Å². The zero-order chi connectivity index (χ0) is 17.7. The number of hydrogen-bond donors (Lipinski definition) is 1. The summed E-state index contributed by atoms with van der Waals surface area (Å²) in [6.07, 6.45) is 8.51. The fraction of sp³-hybridized carbons (Fsp3) is 0.619.